The summed E-state index contributed by atoms with van der Waals surface area (Å²) in [6.07, 6.45) is 4.76. The van der Waals surface area contributed by atoms with Crippen molar-refractivity contribution < 1.29 is 14.3 Å². The molecule has 1 fully saturated rings. The van der Waals surface area contributed by atoms with E-state index >= 15 is 0 Å². The van der Waals surface area contributed by atoms with Gasteiger partial charge in [-0.3, -0.25) is 10.2 Å². The summed E-state index contributed by atoms with van der Waals surface area (Å²) in [6, 6.07) is 5.05. The van der Waals surface area contributed by atoms with Crippen LogP contribution in [0.3, 0.4) is 0 Å². The molecule has 1 aliphatic heterocycles. The Balaban J connectivity index is 1.70. The Morgan fingerprint density at radius 2 is 1.97 bits per heavy atom. The monoisotopic (exact) mass is 399 g/mol. The minimum absolute atomic E-state index is 0.109. The molecule has 2 heterocycles. The molecule has 0 radical (unpaired) electrons. The number of nitrogens with zero attached hydrogens (tertiary/aromatic N) is 3. The second-order valence-corrected chi connectivity index (χ2v) is 7.78. The predicted octanol–water partition coefficient (Wildman–Crippen LogP) is 2.46. The molecule has 1 aromatic heterocycles. The van der Waals surface area contributed by atoms with Gasteiger partial charge in [0, 0.05) is 43.0 Å². The average molecular weight is 399 g/mol. The number of Topliss-reactive ketones (excluding diaryl/α,β-unsaturated/α-hetero) is 1. The molecular weight excluding hydrogens is 373 g/mol. The van der Waals surface area contributed by atoms with E-state index in [0.29, 0.717) is 48.6 Å². The Hall–Kier alpha value is -2.87. The lowest BCUT2D eigenvalue weighted by Crippen LogP contribution is -2.43. The first-order valence-corrected chi connectivity index (χ1v) is 9.67. The molecular formula is C21H26FN5O2. The molecule has 3 rings (SSSR count). The highest BCUT2D eigenvalue weighted by Gasteiger charge is 2.28. The van der Waals surface area contributed by atoms with Gasteiger partial charge in [0.25, 0.3) is 0 Å². The standard InChI is InChI=1S/C21H26FN5O2/c1-21(29)7-9-27(10-8-21)20-25-12-15(13-26-20)17-4-2-3-14(19(17)22)5-6-16(28)11-18(23)24/h2-4,12-13,29H,5-11H2,1H3,(H3,23,24). The van der Waals surface area contributed by atoms with Crippen LogP contribution in [-0.4, -0.2) is 45.4 Å². The molecule has 154 valence electrons. The topological polar surface area (TPSA) is 116 Å². The zero-order valence-corrected chi connectivity index (χ0v) is 16.5. The van der Waals surface area contributed by atoms with Crippen LogP contribution in [0.25, 0.3) is 11.1 Å². The van der Waals surface area contributed by atoms with Gasteiger partial charge >= 0.3 is 0 Å². The Kier molecular flexibility index (Phi) is 6.22. The molecule has 8 heteroatoms. The first kappa shape index (κ1) is 20.9. The van der Waals surface area contributed by atoms with Crippen molar-refractivity contribution in [2.75, 3.05) is 18.0 Å². The Morgan fingerprint density at radius 3 is 2.59 bits per heavy atom. The van der Waals surface area contributed by atoms with Crippen molar-refractivity contribution in [1.29, 1.82) is 5.41 Å². The Labute approximate surface area is 169 Å². The molecule has 0 amide bonds. The van der Waals surface area contributed by atoms with E-state index in [2.05, 4.69) is 9.97 Å². The third kappa shape index (κ3) is 5.35. The zero-order valence-electron chi connectivity index (χ0n) is 16.5. The number of aliphatic hydroxyl groups is 1. The average Bonchev–Trinajstić information content (AvgIpc) is 2.67. The second-order valence-electron chi connectivity index (χ2n) is 7.78. The molecule has 4 N–H and O–H groups in total. The SMILES string of the molecule is CC1(O)CCN(c2ncc(-c3cccc(CCC(=O)CC(=N)N)c3F)cn2)CC1. The molecule has 0 spiro atoms. The van der Waals surface area contributed by atoms with E-state index in [1.807, 2.05) is 11.8 Å². The predicted molar refractivity (Wildman–Crippen MR) is 109 cm³/mol. The number of benzene rings is 1. The number of piperidine rings is 1. The number of nitrogens with one attached hydrogen (secondary N) is 1. The highest BCUT2D eigenvalue weighted by Crippen LogP contribution is 2.27. The number of ketones is 1. The molecule has 0 saturated carbocycles. The summed E-state index contributed by atoms with van der Waals surface area (Å²) in [4.78, 5) is 22.5. The number of aromatic nitrogens is 2. The van der Waals surface area contributed by atoms with E-state index in [0.717, 1.165) is 0 Å². The summed E-state index contributed by atoms with van der Waals surface area (Å²) in [5.74, 6) is -0.196. The molecule has 0 bridgehead atoms. The number of halogens is 1. The number of rotatable bonds is 7. The molecule has 2 aromatic rings. The van der Waals surface area contributed by atoms with Crippen LogP contribution in [0.1, 0.15) is 38.2 Å². The van der Waals surface area contributed by atoms with Gasteiger partial charge in [-0.2, -0.15) is 0 Å². The second kappa shape index (κ2) is 8.65. The largest absolute Gasteiger partial charge is 0.390 e. The van der Waals surface area contributed by atoms with E-state index in [1.54, 1.807) is 30.6 Å². The van der Waals surface area contributed by atoms with Crippen molar-refractivity contribution in [3.8, 4) is 11.1 Å². The molecule has 1 aliphatic rings. The molecule has 0 atom stereocenters. The van der Waals surface area contributed by atoms with Gasteiger partial charge in [-0.1, -0.05) is 18.2 Å². The number of amidine groups is 1. The summed E-state index contributed by atoms with van der Waals surface area (Å²) in [5, 5.41) is 17.2. The Morgan fingerprint density at radius 1 is 1.31 bits per heavy atom. The maximum atomic E-state index is 14.9. The number of aryl methyl sites for hydroxylation is 1. The summed E-state index contributed by atoms with van der Waals surface area (Å²) in [5.41, 5.74) is 5.96. The summed E-state index contributed by atoms with van der Waals surface area (Å²) in [6.45, 7) is 3.17. The van der Waals surface area contributed by atoms with Gasteiger partial charge in [-0.05, 0) is 31.7 Å². The van der Waals surface area contributed by atoms with Crippen LogP contribution in [-0.2, 0) is 11.2 Å². The number of anilines is 1. The number of carbonyl (C=O) groups excluding carboxylic acids is 1. The molecule has 0 aliphatic carbocycles. The van der Waals surface area contributed by atoms with Gasteiger partial charge < -0.3 is 15.7 Å². The molecule has 1 aromatic carbocycles. The quantitative estimate of drug-likeness (QED) is 0.486. The van der Waals surface area contributed by atoms with Gasteiger partial charge in [0.2, 0.25) is 5.95 Å². The van der Waals surface area contributed by atoms with E-state index < -0.39 is 11.4 Å². The number of nitrogens with two attached hydrogens (primary N) is 1. The highest BCUT2D eigenvalue weighted by molar-refractivity contribution is 5.98. The molecule has 1 saturated heterocycles. The van der Waals surface area contributed by atoms with Crippen LogP contribution in [0.15, 0.2) is 30.6 Å². The van der Waals surface area contributed by atoms with Crippen LogP contribution in [0.5, 0.6) is 0 Å². The Bertz CT molecular complexity index is 888. The third-order valence-corrected chi connectivity index (χ3v) is 5.21. The van der Waals surface area contributed by atoms with Crippen molar-refractivity contribution in [2.45, 2.75) is 44.6 Å². The maximum Gasteiger partial charge on any atom is 0.225 e. The lowest BCUT2D eigenvalue weighted by atomic mass is 9.94. The summed E-state index contributed by atoms with van der Waals surface area (Å²) in [7, 11) is 0. The normalized spacial score (nSPS) is 15.9. The van der Waals surface area contributed by atoms with Crippen LogP contribution < -0.4 is 10.6 Å². The molecule has 7 nitrogen and oxygen atoms in total. The van der Waals surface area contributed by atoms with Gasteiger partial charge in [0.05, 0.1) is 17.9 Å². The third-order valence-electron chi connectivity index (χ3n) is 5.21. The fourth-order valence-electron chi connectivity index (χ4n) is 3.38. The smallest absolute Gasteiger partial charge is 0.225 e. The van der Waals surface area contributed by atoms with Crippen molar-refractivity contribution in [1.82, 2.24) is 9.97 Å². The lowest BCUT2D eigenvalue weighted by molar-refractivity contribution is -0.117. The van der Waals surface area contributed by atoms with Gasteiger partial charge in [0.15, 0.2) is 0 Å². The molecule has 29 heavy (non-hydrogen) atoms. The van der Waals surface area contributed by atoms with Gasteiger partial charge in [-0.25, -0.2) is 14.4 Å². The van der Waals surface area contributed by atoms with Crippen molar-refractivity contribution >= 4 is 17.6 Å². The van der Waals surface area contributed by atoms with Crippen LogP contribution in [0, 0.1) is 11.2 Å². The van der Waals surface area contributed by atoms with Gasteiger partial charge in [-0.15, -0.1) is 0 Å². The van der Waals surface area contributed by atoms with E-state index in [4.69, 9.17) is 11.1 Å². The molecule has 0 unspecified atom stereocenters. The zero-order chi connectivity index (χ0) is 21.0. The van der Waals surface area contributed by atoms with Crippen LogP contribution in [0.4, 0.5) is 10.3 Å². The fourth-order valence-corrected chi connectivity index (χ4v) is 3.38. The van der Waals surface area contributed by atoms with Crippen LogP contribution >= 0.6 is 0 Å². The minimum Gasteiger partial charge on any atom is -0.390 e. The van der Waals surface area contributed by atoms with Crippen molar-refractivity contribution in [2.24, 2.45) is 5.73 Å². The summed E-state index contributed by atoms with van der Waals surface area (Å²) >= 11 is 0. The number of hydrogen-bond donors (Lipinski definition) is 3. The number of carbonyl (C=O) groups is 1. The van der Waals surface area contributed by atoms with Crippen molar-refractivity contribution in [3.05, 3.63) is 42.0 Å². The van der Waals surface area contributed by atoms with E-state index in [-0.39, 0.29) is 30.9 Å². The minimum atomic E-state index is -0.647. The van der Waals surface area contributed by atoms with Crippen molar-refractivity contribution in [3.63, 3.8) is 0 Å². The summed E-state index contributed by atoms with van der Waals surface area (Å²) < 4.78 is 14.9. The number of hydrogen-bond acceptors (Lipinski definition) is 6. The van der Waals surface area contributed by atoms with Crippen LogP contribution in [0.2, 0.25) is 0 Å². The van der Waals surface area contributed by atoms with Gasteiger partial charge in [0.1, 0.15) is 11.6 Å². The lowest BCUT2D eigenvalue weighted by Gasteiger charge is -2.35. The maximum absolute atomic E-state index is 14.9. The highest BCUT2D eigenvalue weighted by atomic mass is 19.1. The fraction of sp³-hybridized carbons (Fsp3) is 0.429. The first-order valence-electron chi connectivity index (χ1n) is 9.67. The first-order chi connectivity index (χ1) is 13.7. The van der Waals surface area contributed by atoms with E-state index in [9.17, 15) is 14.3 Å². The van der Waals surface area contributed by atoms with E-state index in [1.165, 1.54) is 0 Å².